The van der Waals surface area contributed by atoms with Crippen LogP contribution in [-0.4, -0.2) is 16.3 Å². The Balaban J connectivity index is 1.36. The molecular formula is C40H38N2O2. The van der Waals surface area contributed by atoms with Crippen LogP contribution in [0.5, 0.6) is 5.75 Å². The molecular weight excluding hydrogens is 540 g/mol. The third kappa shape index (κ3) is 5.93. The molecule has 5 aromatic carbocycles. The summed E-state index contributed by atoms with van der Waals surface area (Å²) in [5.41, 5.74) is 10.6. The van der Waals surface area contributed by atoms with Gasteiger partial charge in [0.1, 0.15) is 11.3 Å². The largest absolute Gasteiger partial charge is 0.507 e. The van der Waals surface area contributed by atoms with Crippen molar-refractivity contribution in [1.82, 2.24) is 4.98 Å². The summed E-state index contributed by atoms with van der Waals surface area (Å²) in [5, 5.41) is 10.5. The van der Waals surface area contributed by atoms with E-state index in [0.717, 1.165) is 33.3 Å². The fourth-order valence-electron chi connectivity index (χ4n) is 5.36. The predicted molar refractivity (Wildman–Crippen MR) is 183 cm³/mol. The molecule has 1 heterocycles. The van der Waals surface area contributed by atoms with Gasteiger partial charge in [-0.3, -0.25) is 4.99 Å². The molecule has 0 unspecified atom stereocenters. The summed E-state index contributed by atoms with van der Waals surface area (Å²) in [5.74, 6) is 0.694. The van der Waals surface area contributed by atoms with Crippen molar-refractivity contribution in [1.29, 1.82) is 0 Å². The van der Waals surface area contributed by atoms with E-state index in [2.05, 4.69) is 96.1 Å². The van der Waals surface area contributed by atoms with Crippen LogP contribution in [0.25, 0.3) is 44.8 Å². The van der Waals surface area contributed by atoms with Crippen LogP contribution >= 0.6 is 0 Å². The summed E-state index contributed by atoms with van der Waals surface area (Å²) >= 11 is 0. The number of phenolic OH excluding ortho intramolecular Hbond substituents is 1. The Hall–Kier alpha value is -4.96. The van der Waals surface area contributed by atoms with E-state index in [1.807, 2.05) is 48.5 Å². The lowest BCUT2D eigenvalue weighted by atomic mass is 9.86. The minimum Gasteiger partial charge on any atom is -0.507 e. The highest BCUT2D eigenvalue weighted by Crippen LogP contribution is 2.37. The van der Waals surface area contributed by atoms with Crippen molar-refractivity contribution in [3.05, 3.63) is 126 Å². The highest BCUT2D eigenvalue weighted by atomic mass is 16.3. The highest BCUT2D eigenvalue weighted by molar-refractivity contribution is 5.94. The van der Waals surface area contributed by atoms with E-state index in [0.29, 0.717) is 22.7 Å². The molecule has 0 aliphatic heterocycles. The van der Waals surface area contributed by atoms with Crippen LogP contribution in [-0.2, 0) is 10.8 Å². The van der Waals surface area contributed by atoms with E-state index in [9.17, 15) is 5.11 Å². The second-order valence-electron chi connectivity index (χ2n) is 13.4. The van der Waals surface area contributed by atoms with Crippen LogP contribution in [0.3, 0.4) is 0 Å². The first-order chi connectivity index (χ1) is 21.0. The third-order valence-electron chi connectivity index (χ3n) is 8.05. The number of rotatable bonds is 5. The summed E-state index contributed by atoms with van der Waals surface area (Å²) in [6.45, 7) is 13.2. The fourth-order valence-corrected chi connectivity index (χ4v) is 5.36. The lowest BCUT2D eigenvalue weighted by molar-refractivity contribution is 0.473. The fraction of sp³-hybridized carbons (Fsp3) is 0.200. The van der Waals surface area contributed by atoms with Gasteiger partial charge in [0.25, 0.3) is 0 Å². The first-order valence-corrected chi connectivity index (χ1v) is 15.1. The number of benzene rings is 5. The molecule has 6 rings (SSSR count). The molecule has 0 atom stereocenters. The second-order valence-corrected chi connectivity index (χ2v) is 13.4. The topological polar surface area (TPSA) is 58.6 Å². The van der Waals surface area contributed by atoms with Gasteiger partial charge >= 0.3 is 0 Å². The van der Waals surface area contributed by atoms with Gasteiger partial charge in [-0.2, -0.15) is 0 Å². The summed E-state index contributed by atoms with van der Waals surface area (Å²) in [4.78, 5) is 9.76. The molecule has 4 nitrogen and oxygen atoms in total. The third-order valence-corrected chi connectivity index (χ3v) is 8.05. The summed E-state index contributed by atoms with van der Waals surface area (Å²) < 4.78 is 6.32. The Morgan fingerprint density at radius 3 is 2.05 bits per heavy atom. The number of hydrogen-bond acceptors (Lipinski definition) is 4. The van der Waals surface area contributed by atoms with Gasteiger partial charge < -0.3 is 9.52 Å². The zero-order chi connectivity index (χ0) is 31.1. The van der Waals surface area contributed by atoms with Gasteiger partial charge in [0.15, 0.2) is 5.58 Å². The van der Waals surface area contributed by atoms with Crippen molar-refractivity contribution in [2.45, 2.75) is 52.4 Å². The average molecular weight is 579 g/mol. The standard InChI is InChI=1S/C40H38N2O2/c1-39(2,3)30-19-17-26(18-20-30)27-11-9-12-28(23-27)32-14-10-16-36-37(32)42-38(44-36)33-13-7-8-15-34(33)41-25-29-24-31(40(4,5)6)21-22-35(29)43/h7-25,43H,1-6H3. The van der Waals surface area contributed by atoms with Gasteiger partial charge in [-0.25, -0.2) is 4.98 Å². The van der Waals surface area contributed by atoms with Crippen molar-refractivity contribution in [3.63, 3.8) is 0 Å². The quantitative estimate of drug-likeness (QED) is 0.207. The zero-order valence-electron chi connectivity index (χ0n) is 26.2. The molecule has 44 heavy (non-hydrogen) atoms. The lowest BCUT2D eigenvalue weighted by Gasteiger charge is -2.19. The minimum atomic E-state index is -0.0412. The summed E-state index contributed by atoms with van der Waals surface area (Å²) in [6.07, 6.45) is 1.71. The smallest absolute Gasteiger partial charge is 0.229 e. The van der Waals surface area contributed by atoms with Crippen LogP contribution < -0.4 is 0 Å². The zero-order valence-corrected chi connectivity index (χ0v) is 26.2. The number of fused-ring (bicyclic) bond motifs is 1. The number of phenols is 1. The Bertz CT molecular complexity index is 1980. The summed E-state index contributed by atoms with van der Waals surface area (Å²) in [6, 6.07) is 36.9. The Morgan fingerprint density at radius 1 is 0.636 bits per heavy atom. The Morgan fingerprint density at radius 2 is 1.30 bits per heavy atom. The van der Waals surface area contributed by atoms with E-state index >= 15 is 0 Å². The maximum absolute atomic E-state index is 10.5. The molecule has 0 aliphatic carbocycles. The maximum Gasteiger partial charge on any atom is 0.229 e. The lowest BCUT2D eigenvalue weighted by Crippen LogP contribution is -2.11. The molecule has 0 aliphatic rings. The van der Waals surface area contributed by atoms with Gasteiger partial charge in [0, 0.05) is 17.3 Å². The van der Waals surface area contributed by atoms with E-state index in [4.69, 9.17) is 14.4 Å². The number of aromatic nitrogens is 1. The molecule has 0 saturated heterocycles. The van der Waals surface area contributed by atoms with Gasteiger partial charge in [-0.05, 0) is 75.0 Å². The highest BCUT2D eigenvalue weighted by Gasteiger charge is 2.18. The second kappa shape index (κ2) is 11.3. The summed E-state index contributed by atoms with van der Waals surface area (Å²) in [7, 11) is 0. The molecule has 1 N–H and O–H groups in total. The maximum atomic E-state index is 10.5. The van der Waals surface area contributed by atoms with E-state index in [1.165, 1.54) is 11.1 Å². The number of para-hydroxylation sites is 2. The van der Waals surface area contributed by atoms with Crippen LogP contribution in [0.4, 0.5) is 5.69 Å². The molecule has 220 valence electrons. The first kappa shape index (κ1) is 29.1. The number of aromatic hydroxyl groups is 1. The number of hydrogen-bond donors (Lipinski definition) is 1. The van der Waals surface area contributed by atoms with E-state index in [-0.39, 0.29) is 16.6 Å². The van der Waals surface area contributed by atoms with Gasteiger partial charge in [0.2, 0.25) is 5.89 Å². The van der Waals surface area contributed by atoms with Gasteiger partial charge in [0.05, 0.1) is 11.3 Å². The van der Waals surface area contributed by atoms with Gasteiger partial charge in [-0.1, -0.05) is 114 Å². The molecule has 0 saturated carbocycles. The predicted octanol–water partition coefficient (Wildman–Crippen LogP) is 10.9. The molecule has 1 aromatic heterocycles. The number of oxazole rings is 1. The van der Waals surface area contributed by atoms with E-state index in [1.54, 1.807) is 12.3 Å². The molecule has 0 spiro atoms. The van der Waals surface area contributed by atoms with Crippen LogP contribution in [0, 0.1) is 0 Å². The molecule has 0 bridgehead atoms. The van der Waals surface area contributed by atoms with Crippen molar-refractivity contribution in [2.24, 2.45) is 4.99 Å². The number of aliphatic imine (C=N–C) groups is 1. The van der Waals surface area contributed by atoms with Crippen molar-refractivity contribution < 1.29 is 9.52 Å². The van der Waals surface area contributed by atoms with Crippen molar-refractivity contribution in [2.75, 3.05) is 0 Å². The van der Waals surface area contributed by atoms with Crippen LogP contribution in [0.1, 0.15) is 58.2 Å². The Kier molecular flexibility index (Phi) is 7.46. The minimum absolute atomic E-state index is 0.0412. The molecule has 4 heteroatoms. The molecule has 0 fully saturated rings. The SMILES string of the molecule is CC(C)(C)c1ccc(-c2cccc(-c3cccc4oc(-c5ccccc5N=Cc5cc(C(C)(C)C)ccc5O)nc34)c2)cc1. The number of nitrogens with zero attached hydrogens (tertiary/aromatic N) is 2. The van der Waals surface area contributed by atoms with Crippen molar-refractivity contribution in [3.8, 4) is 39.5 Å². The Labute approximate surface area is 259 Å². The van der Waals surface area contributed by atoms with Crippen LogP contribution in [0.15, 0.2) is 119 Å². The first-order valence-electron chi connectivity index (χ1n) is 15.1. The van der Waals surface area contributed by atoms with E-state index < -0.39 is 0 Å². The normalized spacial score (nSPS) is 12.3. The molecule has 0 radical (unpaired) electrons. The van der Waals surface area contributed by atoms with Crippen LogP contribution in [0.2, 0.25) is 0 Å². The monoisotopic (exact) mass is 578 g/mol. The average Bonchev–Trinajstić information content (AvgIpc) is 3.44. The van der Waals surface area contributed by atoms with Crippen molar-refractivity contribution >= 4 is 23.0 Å². The van der Waals surface area contributed by atoms with Gasteiger partial charge in [-0.15, -0.1) is 0 Å². The molecule has 6 aromatic rings. The molecule has 0 amide bonds.